The van der Waals surface area contributed by atoms with Crippen molar-refractivity contribution in [3.8, 4) is 5.82 Å². The Balaban J connectivity index is 1.43. The zero-order valence-corrected chi connectivity index (χ0v) is 16.5. The van der Waals surface area contributed by atoms with Crippen LogP contribution in [0.5, 0.6) is 0 Å². The fourth-order valence-corrected chi connectivity index (χ4v) is 3.00. The van der Waals surface area contributed by atoms with Crippen LogP contribution < -0.4 is 10.6 Å². The van der Waals surface area contributed by atoms with E-state index in [1.807, 2.05) is 0 Å². The van der Waals surface area contributed by atoms with E-state index in [4.69, 9.17) is 11.6 Å². The second kappa shape index (κ2) is 8.59. The van der Waals surface area contributed by atoms with Gasteiger partial charge in [-0.2, -0.15) is 0 Å². The van der Waals surface area contributed by atoms with Crippen molar-refractivity contribution in [1.82, 2.24) is 19.5 Å². The summed E-state index contributed by atoms with van der Waals surface area (Å²) in [4.78, 5) is 35.0. The molecule has 11 heteroatoms. The summed E-state index contributed by atoms with van der Waals surface area (Å²) < 4.78 is 1.76. The molecule has 0 aliphatic rings. The number of carbonyl (C=O) groups is 1. The van der Waals surface area contributed by atoms with Crippen LogP contribution >= 0.6 is 11.6 Å². The molecule has 0 atom stereocenters. The van der Waals surface area contributed by atoms with Gasteiger partial charge in [-0.25, -0.2) is 15.0 Å². The first kappa shape index (κ1) is 20.0. The van der Waals surface area contributed by atoms with E-state index in [0.717, 1.165) is 11.8 Å². The number of imidazole rings is 1. The molecule has 2 heterocycles. The van der Waals surface area contributed by atoms with Gasteiger partial charge in [0, 0.05) is 42.0 Å². The lowest BCUT2D eigenvalue weighted by molar-refractivity contribution is -0.384. The SMILES string of the molecule is O=C(Nc1ccc(Nc2cc(-n3ccnc3)ncn2)cc1)c1ccc([N+](=O)[O-])cc1Cl. The Morgan fingerprint density at radius 2 is 1.84 bits per heavy atom. The van der Waals surface area contributed by atoms with Crippen LogP contribution in [0, 0.1) is 10.1 Å². The number of hydrogen-bond acceptors (Lipinski definition) is 7. The molecule has 0 unspecified atom stereocenters. The topological polar surface area (TPSA) is 128 Å². The Morgan fingerprint density at radius 3 is 2.52 bits per heavy atom. The smallest absolute Gasteiger partial charge is 0.270 e. The lowest BCUT2D eigenvalue weighted by Gasteiger charge is -2.10. The van der Waals surface area contributed by atoms with Gasteiger partial charge in [0.25, 0.3) is 11.6 Å². The predicted molar refractivity (Wildman–Crippen MR) is 115 cm³/mol. The van der Waals surface area contributed by atoms with E-state index in [0.29, 0.717) is 17.3 Å². The number of nitro groups is 1. The first-order chi connectivity index (χ1) is 15.0. The lowest BCUT2D eigenvalue weighted by atomic mass is 10.2. The van der Waals surface area contributed by atoms with Crippen LogP contribution in [0.3, 0.4) is 0 Å². The second-order valence-corrected chi connectivity index (χ2v) is 6.72. The molecule has 0 saturated carbocycles. The zero-order chi connectivity index (χ0) is 21.8. The molecule has 154 valence electrons. The van der Waals surface area contributed by atoms with Crippen molar-refractivity contribution in [2.45, 2.75) is 0 Å². The summed E-state index contributed by atoms with van der Waals surface area (Å²) in [5, 5.41) is 16.7. The van der Waals surface area contributed by atoms with Crippen LogP contribution in [-0.4, -0.2) is 30.3 Å². The van der Waals surface area contributed by atoms with E-state index < -0.39 is 10.8 Å². The van der Waals surface area contributed by atoms with Crippen molar-refractivity contribution in [3.63, 3.8) is 0 Å². The monoisotopic (exact) mass is 435 g/mol. The lowest BCUT2D eigenvalue weighted by Crippen LogP contribution is -2.12. The average molecular weight is 436 g/mol. The Kier molecular flexibility index (Phi) is 5.54. The molecule has 0 fully saturated rings. The molecule has 31 heavy (non-hydrogen) atoms. The third-order valence-corrected chi connectivity index (χ3v) is 4.56. The maximum absolute atomic E-state index is 12.4. The molecule has 2 aromatic carbocycles. The Bertz CT molecular complexity index is 1240. The van der Waals surface area contributed by atoms with E-state index in [1.54, 1.807) is 53.6 Å². The number of nitrogens with one attached hydrogen (secondary N) is 2. The molecule has 0 saturated heterocycles. The van der Waals surface area contributed by atoms with Gasteiger partial charge >= 0.3 is 0 Å². The molecule has 2 N–H and O–H groups in total. The summed E-state index contributed by atoms with van der Waals surface area (Å²) in [6, 6.07) is 12.4. The highest BCUT2D eigenvalue weighted by Crippen LogP contribution is 2.24. The quantitative estimate of drug-likeness (QED) is 0.342. The summed E-state index contributed by atoms with van der Waals surface area (Å²) in [7, 11) is 0. The molecule has 0 spiro atoms. The molecule has 0 aliphatic carbocycles. The third kappa shape index (κ3) is 4.65. The number of aromatic nitrogens is 4. The number of nitro benzene ring substituents is 1. The van der Waals surface area contributed by atoms with Gasteiger partial charge in [0.05, 0.1) is 15.5 Å². The van der Waals surface area contributed by atoms with Crippen LogP contribution in [-0.2, 0) is 0 Å². The number of nitrogens with zero attached hydrogens (tertiary/aromatic N) is 5. The molecule has 1 amide bonds. The molecular formula is C20H14ClN7O3. The average Bonchev–Trinajstić information content (AvgIpc) is 3.30. The Morgan fingerprint density at radius 1 is 1.06 bits per heavy atom. The molecular weight excluding hydrogens is 422 g/mol. The van der Waals surface area contributed by atoms with Gasteiger partial charge in [-0.3, -0.25) is 19.5 Å². The Hall–Kier alpha value is -4.31. The highest BCUT2D eigenvalue weighted by molar-refractivity contribution is 6.34. The first-order valence-electron chi connectivity index (χ1n) is 8.92. The molecule has 4 rings (SSSR count). The van der Waals surface area contributed by atoms with E-state index in [9.17, 15) is 14.9 Å². The summed E-state index contributed by atoms with van der Waals surface area (Å²) in [5.41, 5.74) is 1.24. The van der Waals surface area contributed by atoms with E-state index in [-0.39, 0.29) is 16.3 Å². The van der Waals surface area contributed by atoms with Crippen LogP contribution in [0.25, 0.3) is 5.82 Å². The normalized spacial score (nSPS) is 10.5. The minimum atomic E-state index is -0.574. The predicted octanol–water partition coefficient (Wildman–Crippen LogP) is 4.22. The van der Waals surface area contributed by atoms with E-state index >= 15 is 0 Å². The fraction of sp³-hybridized carbons (Fsp3) is 0. The number of amides is 1. The molecule has 0 radical (unpaired) electrons. The summed E-state index contributed by atoms with van der Waals surface area (Å²) >= 11 is 6.01. The van der Waals surface area contributed by atoms with Crippen molar-refractivity contribution < 1.29 is 9.72 Å². The number of non-ortho nitro benzene ring substituents is 1. The largest absolute Gasteiger partial charge is 0.340 e. The van der Waals surface area contributed by atoms with Crippen LogP contribution in [0.15, 0.2) is 73.6 Å². The van der Waals surface area contributed by atoms with Crippen molar-refractivity contribution in [3.05, 3.63) is 94.3 Å². The number of rotatable bonds is 6. The van der Waals surface area contributed by atoms with Gasteiger partial charge in [-0.05, 0) is 30.3 Å². The first-order valence-corrected chi connectivity index (χ1v) is 9.30. The van der Waals surface area contributed by atoms with Crippen molar-refractivity contribution in [2.24, 2.45) is 0 Å². The van der Waals surface area contributed by atoms with Crippen LogP contribution in [0.4, 0.5) is 22.9 Å². The van der Waals surface area contributed by atoms with Crippen molar-refractivity contribution in [1.29, 1.82) is 0 Å². The summed E-state index contributed by atoms with van der Waals surface area (Å²) in [6.45, 7) is 0. The zero-order valence-electron chi connectivity index (χ0n) is 15.8. The van der Waals surface area contributed by atoms with Crippen molar-refractivity contribution in [2.75, 3.05) is 10.6 Å². The molecule has 4 aromatic rings. The standard InChI is InChI=1S/C20H14ClN7O3/c21-17-9-15(28(30)31)5-6-16(17)20(29)26-14-3-1-13(2-4-14)25-18-10-19(24-11-23-18)27-8-7-22-12-27/h1-12H,(H,26,29)(H,23,24,25). The van der Waals surface area contributed by atoms with Gasteiger partial charge in [0.15, 0.2) is 0 Å². The molecule has 0 bridgehead atoms. The number of halogens is 1. The summed E-state index contributed by atoms with van der Waals surface area (Å²) in [5.74, 6) is 0.786. The van der Waals surface area contributed by atoms with Crippen LogP contribution in [0.2, 0.25) is 5.02 Å². The van der Waals surface area contributed by atoms with Gasteiger partial charge in [-0.1, -0.05) is 11.6 Å². The maximum atomic E-state index is 12.4. The van der Waals surface area contributed by atoms with Crippen molar-refractivity contribution >= 4 is 40.4 Å². The van der Waals surface area contributed by atoms with Gasteiger partial charge in [0.2, 0.25) is 0 Å². The number of benzene rings is 2. The van der Waals surface area contributed by atoms with Gasteiger partial charge in [0.1, 0.15) is 24.3 Å². The number of anilines is 3. The number of carbonyl (C=O) groups excluding carboxylic acids is 1. The van der Waals surface area contributed by atoms with E-state index in [1.165, 1.54) is 18.5 Å². The molecule has 2 aromatic heterocycles. The fourth-order valence-electron chi connectivity index (χ4n) is 2.74. The highest BCUT2D eigenvalue weighted by Gasteiger charge is 2.15. The van der Waals surface area contributed by atoms with Gasteiger partial charge < -0.3 is 10.6 Å². The molecule has 10 nitrogen and oxygen atoms in total. The third-order valence-electron chi connectivity index (χ3n) is 4.24. The highest BCUT2D eigenvalue weighted by atomic mass is 35.5. The maximum Gasteiger partial charge on any atom is 0.270 e. The Labute approximate surface area is 180 Å². The molecule has 0 aliphatic heterocycles. The second-order valence-electron chi connectivity index (χ2n) is 6.31. The summed E-state index contributed by atoms with van der Waals surface area (Å²) in [6.07, 6.45) is 6.52. The van der Waals surface area contributed by atoms with Crippen LogP contribution in [0.1, 0.15) is 10.4 Å². The minimum Gasteiger partial charge on any atom is -0.340 e. The minimum absolute atomic E-state index is 0.00226. The van der Waals surface area contributed by atoms with Gasteiger partial charge in [-0.15, -0.1) is 0 Å². The number of hydrogen-bond donors (Lipinski definition) is 2. The van der Waals surface area contributed by atoms with E-state index in [2.05, 4.69) is 25.6 Å².